The summed E-state index contributed by atoms with van der Waals surface area (Å²) in [5.74, 6) is 3.45. The average Bonchev–Trinajstić information content (AvgIpc) is 2.77. The Morgan fingerprint density at radius 2 is 2.00 bits per heavy atom. The molecule has 3 saturated carbocycles. The molecule has 0 aromatic carbocycles. The van der Waals surface area contributed by atoms with Crippen LogP contribution in [0.5, 0.6) is 0 Å². The first-order chi connectivity index (χ1) is 11.1. The van der Waals surface area contributed by atoms with Gasteiger partial charge in [-0.1, -0.05) is 17.7 Å². The van der Waals surface area contributed by atoms with E-state index in [2.05, 4.69) is 10.3 Å². The van der Waals surface area contributed by atoms with Gasteiger partial charge in [-0.25, -0.2) is 0 Å². The molecule has 7 atom stereocenters. The lowest BCUT2D eigenvalue weighted by molar-refractivity contribution is -0.124. The van der Waals surface area contributed by atoms with E-state index in [1.54, 1.807) is 17.8 Å². The van der Waals surface area contributed by atoms with Crippen LogP contribution in [0.4, 0.5) is 0 Å². The molecule has 5 heteroatoms. The number of hydrogen-bond donors (Lipinski definition) is 1. The van der Waals surface area contributed by atoms with Gasteiger partial charge in [-0.2, -0.15) is 0 Å². The molecule has 7 unspecified atom stereocenters. The Labute approximate surface area is 147 Å². The monoisotopic (exact) mass is 352 g/mol. The highest BCUT2D eigenvalue weighted by Gasteiger charge is 2.46. The van der Waals surface area contributed by atoms with Gasteiger partial charge in [-0.3, -0.25) is 9.79 Å². The molecule has 0 saturated heterocycles. The van der Waals surface area contributed by atoms with Crippen molar-refractivity contribution in [3.63, 3.8) is 0 Å². The Bertz CT molecular complexity index is 549. The van der Waals surface area contributed by atoms with Crippen LogP contribution < -0.4 is 5.32 Å². The van der Waals surface area contributed by atoms with Crippen molar-refractivity contribution >= 4 is 34.4 Å². The number of nitrogens with zero attached hydrogens (tertiary/aromatic N) is 1. The second-order valence-electron chi connectivity index (χ2n) is 7.74. The summed E-state index contributed by atoms with van der Waals surface area (Å²) in [5, 5.41) is 3.79. The highest BCUT2D eigenvalue weighted by Crippen LogP contribution is 2.53. The van der Waals surface area contributed by atoms with E-state index in [-0.39, 0.29) is 17.2 Å². The average molecular weight is 353 g/mol. The molecule has 126 valence electrons. The van der Waals surface area contributed by atoms with Crippen LogP contribution in [0.3, 0.4) is 0 Å². The maximum Gasteiger partial charge on any atom is 0.230 e. The number of fused-ring (bicyclic) bond motifs is 2. The number of amides is 1. The highest BCUT2D eigenvalue weighted by molar-refractivity contribution is 7.99. The molecule has 1 aliphatic heterocycles. The zero-order chi connectivity index (χ0) is 16.0. The maximum absolute atomic E-state index is 12.8. The number of carbonyl (C=O) groups excluding carboxylic acids is 1. The standard InChI is InChI=1S/C18H25ClN2OS/c1-23-18-14(3-5-16(19)21-18)17(22)20-15-4-2-11-6-10-7-12(11)9-13(15)8-10/h3,5,10-15,18H,2,4,6-9H2,1H3,(H,20,22). The SMILES string of the molecule is CSC1N=C(Cl)C=CC1C(=O)NC1CCC2CC3CC2CC1C3. The molecule has 4 rings (SSSR count). The van der Waals surface area contributed by atoms with E-state index < -0.39 is 0 Å². The van der Waals surface area contributed by atoms with Crippen LogP contribution in [-0.2, 0) is 4.79 Å². The number of carbonyl (C=O) groups is 1. The van der Waals surface area contributed by atoms with Crippen LogP contribution in [0.25, 0.3) is 0 Å². The topological polar surface area (TPSA) is 41.5 Å². The second kappa shape index (κ2) is 6.44. The largest absolute Gasteiger partial charge is 0.352 e. The van der Waals surface area contributed by atoms with Gasteiger partial charge in [0.2, 0.25) is 5.91 Å². The molecule has 23 heavy (non-hydrogen) atoms. The van der Waals surface area contributed by atoms with Crippen LogP contribution >= 0.6 is 23.4 Å². The summed E-state index contributed by atoms with van der Waals surface area (Å²) in [6.45, 7) is 0. The fourth-order valence-electron chi connectivity index (χ4n) is 5.45. The van der Waals surface area contributed by atoms with Crippen molar-refractivity contribution < 1.29 is 4.79 Å². The summed E-state index contributed by atoms with van der Waals surface area (Å²) in [5.41, 5.74) is 0. The Hall–Kier alpha value is -0.480. The Balaban J connectivity index is 1.44. The van der Waals surface area contributed by atoms with Crippen molar-refractivity contribution in [3.8, 4) is 0 Å². The first-order valence-electron chi connectivity index (χ1n) is 8.88. The molecule has 0 radical (unpaired) electrons. The first-order valence-corrected chi connectivity index (χ1v) is 10.5. The predicted molar refractivity (Wildman–Crippen MR) is 96.8 cm³/mol. The van der Waals surface area contributed by atoms with E-state index in [0.717, 1.165) is 24.2 Å². The van der Waals surface area contributed by atoms with E-state index in [4.69, 9.17) is 11.6 Å². The lowest BCUT2D eigenvalue weighted by Crippen LogP contribution is -2.46. The molecule has 0 aromatic heterocycles. The number of allylic oxidation sites excluding steroid dienone is 1. The molecule has 0 spiro atoms. The summed E-state index contributed by atoms with van der Waals surface area (Å²) in [4.78, 5) is 17.2. The van der Waals surface area contributed by atoms with Crippen molar-refractivity contribution in [2.45, 2.75) is 49.9 Å². The van der Waals surface area contributed by atoms with E-state index in [9.17, 15) is 4.79 Å². The number of hydrogen-bond acceptors (Lipinski definition) is 3. The summed E-state index contributed by atoms with van der Waals surface area (Å²) in [7, 11) is 0. The van der Waals surface area contributed by atoms with Gasteiger partial charge in [0.15, 0.2) is 0 Å². The minimum atomic E-state index is -0.190. The molecule has 1 amide bonds. The number of dihydropyridines is 1. The number of nitrogens with one attached hydrogen (secondary N) is 1. The molecule has 3 nitrogen and oxygen atoms in total. The van der Waals surface area contributed by atoms with Gasteiger partial charge in [0.1, 0.15) is 10.5 Å². The number of halogens is 1. The van der Waals surface area contributed by atoms with E-state index in [1.165, 1.54) is 32.1 Å². The fourth-order valence-corrected chi connectivity index (χ4v) is 6.41. The molecule has 1 heterocycles. The van der Waals surface area contributed by atoms with Gasteiger partial charge < -0.3 is 5.32 Å². The van der Waals surface area contributed by atoms with Gasteiger partial charge in [0, 0.05) is 6.04 Å². The van der Waals surface area contributed by atoms with Gasteiger partial charge in [0.25, 0.3) is 0 Å². The highest BCUT2D eigenvalue weighted by atomic mass is 35.5. The first kappa shape index (κ1) is 16.0. The Morgan fingerprint density at radius 3 is 2.83 bits per heavy atom. The Kier molecular flexibility index (Phi) is 4.48. The third-order valence-electron chi connectivity index (χ3n) is 6.47. The van der Waals surface area contributed by atoms with Crippen molar-refractivity contribution in [3.05, 3.63) is 12.2 Å². The molecule has 3 fully saturated rings. The fraction of sp³-hybridized carbons (Fsp3) is 0.778. The maximum atomic E-state index is 12.8. The third-order valence-corrected chi connectivity index (χ3v) is 7.57. The van der Waals surface area contributed by atoms with Gasteiger partial charge in [0.05, 0.1) is 5.92 Å². The predicted octanol–water partition coefficient (Wildman–Crippen LogP) is 3.83. The molecule has 1 N–H and O–H groups in total. The van der Waals surface area contributed by atoms with Crippen LogP contribution in [0.2, 0.25) is 0 Å². The minimum Gasteiger partial charge on any atom is -0.352 e. The summed E-state index contributed by atoms with van der Waals surface area (Å²) < 4.78 is 0. The van der Waals surface area contributed by atoms with Crippen LogP contribution in [0.1, 0.15) is 38.5 Å². The van der Waals surface area contributed by atoms with Gasteiger partial charge in [-0.05, 0) is 74.5 Å². The summed E-state index contributed by atoms with van der Waals surface area (Å²) in [6, 6.07) is 0.371. The molecular formula is C18H25ClN2OS. The smallest absolute Gasteiger partial charge is 0.230 e. The van der Waals surface area contributed by atoms with E-state index in [1.807, 2.05) is 12.3 Å². The summed E-state index contributed by atoms with van der Waals surface area (Å²) in [6.07, 6.45) is 13.7. The van der Waals surface area contributed by atoms with Gasteiger partial charge in [-0.15, -0.1) is 11.8 Å². The Morgan fingerprint density at radius 1 is 1.22 bits per heavy atom. The molecule has 4 aliphatic rings. The second-order valence-corrected chi connectivity index (χ2v) is 9.09. The molecular weight excluding hydrogens is 328 g/mol. The molecule has 3 bridgehead atoms. The quantitative estimate of drug-likeness (QED) is 0.838. The zero-order valence-electron chi connectivity index (χ0n) is 13.6. The van der Waals surface area contributed by atoms with E-state index >= 15 is 0 Å². The lowest BCUT2D eigenvalue weighted by Gasteiger charge is -2.34. The van der Waals surface area contributed by atoms with Crippen LogP contribution in [-0.4, -0.2) is 28.7 Å². The third kappa shape index (κ3) is 3.09. The normalized spacial score (nSPS) is 44.8. The summed E-state index contributed by atoms with van der Waals surface area (Å²) >= 11 is 7.58. The molecule has 0 aromatic rings. The lowest BCUT2D eigenvalue weighted by atomic mass is 9.77. The van der Waals surface area contributed by atoms with Crippen molar-refractivity contribution in [2.75, 3.05) is 6.26 Å². The van der Waals surface area contributed by atoms with E-state index in [0.29, 0.717) is 17.1 Å². The molecule has 3 aliphatic carbocycles. The van der Waals surface area contributed by atoms with Crippen molar-refractivity contribution in [1.29, 1.82) is 0 Å². The number of thioether (sulfide) groups is 1. The zero-order valence-corrected chi connectivity index (χ0v) is 15.2. The van der Waals surface area contributed by atoms with Crippen LogP contribution in [0, 0.1) is 29.6 Å². The van der Waals surface area contributed by atoms with Crippen molar-refractivity contribution in [2.24, 2.45) is 34.6 Å². The number of aliphatic imine (C=N–C) groups is 1. The minimum absolute atomic E-state index is 0.0919. The van der Waals surface area contributed by atoms with Crippen LogP contribution in [0.15, 0.2) is 17.1 Å². The van der Waals surface area contributed by atoms with Crippen molar-refractivity contribution in [1.82, 2.24) is 5.32 Å². The number of rotatable bonds is 3. The van der Waals surface area contributed by atoms with Gasteiger partial charge >= 0.3 is 0 Å².